The third-order valence-corrected chi connectivity index (χ3v) is 7.87. The van der Waals surface area contributed by atoms with Gasteiger partial charge in [-0.25, -0.2) is 4.98 Å². The van der Waals surface area contributed by atoms with Gasteiger partial charge in [0.2, 0.25) is 0 Å². The fourth-order valence-corrected chi connectivity index (χ4v) is 5.51. The molecule has 5 rings (SSSR count). The molecular weight excluding hydrogens is 484 g/mol. The first kappa shape index (κ1) is 23.8. The Hall–Kier alpha value is -2.94. The summed E-state index contributed by atoms with van der Waals surface area (Å²) in [6.07, 6.45) is 0. The van der Waals surface area contributed by atoms with E-state index in [2.05, 4.69) is 9.88 Å². The highest BCUT2D eigenvalue weighted by Gasteiger charge is 2.38. The van der Waals surface area contributed by atoms with E-state index in [0.717, 1.165) is 29.4 Å². The Bertz CT molecular complexity index is 1190. The summed E-state index contributed by atoms with van der Waals surface area (Å²) in [6, 6.07) is 16.9. The molecule has 0 radical (unpaired) electrons. The van der Waals surface area contributed by atoms with Crippen LogP contribution < -0.4 is 4.74 Å². The first-order valence-corrected chi connectivity index (χ1v) is 12.9. The van der Waals surface area contributed by atoms with Gasteiger partial charge in [-0.1, -0.05) is 29.8 Å². The van der Waals surface area contributed by atoms with Gasteiger partial charge >= 0.3 is 0 Å². The van der Waals surface area contributed by atoms with Crippen LogP contribution in [0.15, 0.2) is 54.6 Å². The molecule has 7 nitrogen and oxygen atoms in total. The Kier molecular flexibility index (Phi) is 7.04. The number of rotatable bonds is 6. The number of ether oxygens (including phenoxy) is 1. The molecule has 0 N–H and O–H groups in total. The fourth-order valence-electron chi connectivity index (χ4n) is 4.44. The monoisotopic (exact) mass is 510 g/mol. The Labute approximate surface area is 213 Å². The maximum Gasteiger partial charge on any atom is 0.265 e. The van der Waals surface area contributed by atoms with Crippen LogP contribution in [-0.4, -0.2) is 76.8 Å². The number of nitrogens with zero attached hydrogens (tertiary/aromatic N) is 4. The molecular formula is C26H27ClN4O3S. The number of hydrogen-bond acceptors (Lipinski definition) is 6. The third kappa shape index (κ3) is 5.34. The fraction of sp³-hybridized carbons (Fsp3) is 0.346. The molecule has 2 aliphatic heterocycles. The van der Waals surface area contributed by atoms with Gasteiger partial charge in [0.05, 0.1) is 5.69 Å². The highest BCUT2D eigenvalue weighted by Crippen LogP contribution is 2.26. The van der Waals surface area contributed by atoms with Crippen LogP contribution >= 0.6 is 22.9 Å². The average Bonchev–Trinajstić information content (AvgIpc) is 3.23. The largest absolute Gasteiger partial charge is 0.486 e. The minimum absolute atomic E-state index is 0.0342. The van der Waals surface area contributed by atoms with E-state index in [1.807, 2.05) is 59.2 Å². The predicted octanol–water partition coefficient (Wildman–Crippen LogP) is 3.97. The van der Waals surface area contributed by atoms with Crippen molar-refractivity contribution < 1.29 is 14.3 Å². The van der Waals surface area contributed by atoms with Gasteiger partial charge in [-0.3, -0.25) is 14.5 Å². The van der Waals surface area contributed by atoms with E-state index in [1.165, 1.54) is 11.3 Å². The lowest BCUT2D eigenvalue weighted by Crippen LogP contribution is -2.64. The summed E-state index contributed by atoms with van der Waals surface area (Å²) in [6.45, 7) is 6.68. The average molecular weight is 511 g/mol. The van der Waals surface area contributed by atoms with E-state index in [0.29, 0.717) is 54.5 Å². The van der Waals surface area contributed by atoms with Crippen molar-refractivity contribution in [3.63, 3.8) is 0 Å². The predicted molar refractivity (Wildman–Crippen MR) is 136 cm³/mol. The molecule has 2 aromatic carbocycles. The standard InChI is InChI=1S/C26H27ClN4O3S/c1-18-24(35-23(28-18)17-34-22-9-7-20(27)8-10-22)26(33)31-15-21(16-31)29-11-13-30(14-12-29)25(32)19-5-3-2-4-6-19/h2-10,21H,11-17H2,1H3. The molecule has 3 heterocycles. The summed E-state index contributed by atoms with van der Waals surface area (Å²) in [5.41, 5.74) is 1.48. The van der Waals surface area contributed by atoms with E-state index in [9.17, 15) is 9.59 Å². The molecule has 0 unspecified atom stereocenters. The third-order valence-electron chi connectivity index (χ3n) is 6.50. The molecule has 2 fully saturated rings. The minimum atomic E-state index is 0.0342. The highest BCUT2D eigenvalue weighted by atomic mass is 35.5. The second-order valence-corrected chi connectivity index (χ2v) is 10.3. The zero-order chi connectivity index (χ0) is 24.4. The van der Waals surface area contributed by atoms with Crippen LogP contribution in [-0.2, 0) is 6.61 Å². The number of halogens is 1. The van der Waals surface area contributed by atoms with Crippen LogP contribution in [0.2, 0.25) is 5.02 Å². The van der Waals surface area contributed by atoms with Crippen LogP contribution in [0.5, 0.6) is 5.75 Å². The normalized spacial score (nSPS) is 16.7. The smallest absolute Gasteiger partial charge is 0.265 e. The number of likely N-dealkylation sites (tertiary alicyclic amines) is 1. The maximum atomic E-state index is 13.1. The van der Waals surface area contributed by atoms with Crippen molar-refractivity contribution in [2.45, 2.75) is 19.6 Å². The molecule has 35 heavy (non-hydrogen) atoms. The lowest BCUT2D eigenvalue weighted by molar-refractivity contribution is 0.00875. The molecule has 1 aromatic heterocycles. The van der Waals surface area contributed by atoms with Crippen molar-refractivity contribution in [1.82, 2.24) is 19.7 Å². The Morgan fingerprint density at radius 1 is 0.971 bits per heavy atom. The molecule has 0 saturated carbocycles. The van der Waals surface area contributed by atoms with Crippen LogP contribution in [0.4, 0.5) is 0 Å². The van der Waals surface area contributed by atoms with Crippen LogP contribution in [0.1, 0.15) is 30.7 Å². The summed E-state index contributed by atoms with van der Waals surface area (Å²) in [7, 11) is 0. The van der Waals surface area contributed by atoms with Crippen molar-refractivity contribution in [2.75, 3.05) is 39.3 Å². The van der Waals surface area contributed by atoms with Gasteiger partial charge in [-0.05, 0) is 43.3 Å². The molecule has 2 amide bonds. The second-order valence-electron chi connectivity index (χ2n) is 8.82. The molecule has 2 saturated heterocycles. The van der Waals surface area contributed by atoms with Gasteiger partial charge in [-0.2, -0.15) is 0 Å². The number of thiazole rings is 1. The lowest BCUT2D eigenvalue weighted by atomic mass is 10.1. The summed E-state index contributed by atoms with van der Waals surface area (Å²) in [4.78, 5) is 37.1. The molecule has 3 aromatic rings. The highest BCUT2D eigenvalue weighted by molar-refractivity contribution is 7.13. The van der Waals surface area contributed by atoms with Crippen molar-refractivity contribution in [1.29, 1.82) is 0 Å². The van der Waals surface area contributed by atoms with Gasteiger partial charge in [0.15, 0.2) is 0 Å². The zero-order valence-corrected chi connectivity index (χ0v) is 21.1. The molecule has 0 aliphatic carbocycles. The van der Waals surface area contributed by atoms with E-state index in [1.54, 1.807) is 12.1 Å². The van der Waals surface area contributed by atoms with Crippen molar-refractivity contribution in [2.24, 2.45) is 0 Å². The Morgan fingerprint density at radius 3 is 2.34 bits per heavy atom. The zero-order valence-electron chi connectivity index (χ0n) is 19.5. The number of amides is 2. The number of piperazine rings is 1. The number of benzene rings is 2. The SMILES string of the molecule is Cc1nc(COc2ccc(Cl)cc2)sc1C(=O)N1CC(N2CCN(C(=O)c3ccccc3)CC2)C1. The van der Waals surface area contributed by atoms with Crippen LogP contribution in [0.25, 0.3) is 0 Å². The number of carbonyl (C=O) groups is 2. The van der Waals surface area contributed by atoms with E-state index >= 15 is 0 Å². The van der Waals surface area contributed by atoms with Crippen LogP contribution in [0.3, 0.4) is 0 Å². The minimum Gasteiger partial charge on any atom is -0.486 e. The molecule has 0 spiro atoms. The van der Waals surface area contributed by atoms with Gasteiger partial charge in [0.1, 0.15) is 22.2 Å². The van der Waals surface area contributed by atoms with Gasteiger partial charge in [0, 0.05) is 55.9 Å². The van der Waals surface area contributed by atoms with Gasteiger partial charge < -0.3 is 14.5 Å². The lowest BCUT2D eigenvalue weighted by Gasteiger charge is -2.48. The number of aromatic nitrogens is 1. The second kappa shape index (κ2) is 10.4. The van der Waals surface area contributed by atoms with Gasteiger partial charge in [0.25, 0.3) is 11.8 Å². The number of hydrogen-bond donors (Lipinski definition) is 0. The first-order chi connectivity index (χ1) is 17.0. The van der Waals surface area contributed by atoms with E-state index in [4.69, 9.17) is 16.3 Å². The van der Waals surface area contributed by atoms with Crippen molar-refractivity contribution in [3.05, 3.63) is 80.8 Å². The summed E-state index contributed by atoms with van der Waals surface area (Å²) in [5.74, 6) is 0.838. The Morgan fingerprint density at radius 2 is 1.66 bits per heavy atom. The molecule has 0 bridgehead atoms. The first-order valence-electron chi connectivity index (χ1n) is 11.7. The van der Waals surface area contributed by atoms with Crippen LogP contribution in [0, 0.1) is 6.92 Å². The maximum absolute atomic E-state index is 13.1. The topological polar surface area (TPSA) is 66.0 Å². The summed E-state index contributed by atoms with van der Waals surface area (Å²) in [5, 5.41) is 1.43. The van der Waals surface area contributed by atoms with Crippen molar-refractivity contribution >= 4 is 34.8 Å². The molecule has 9 heteroatoms. The number of aryl methyl sites for hydroxylation is 1. The summed E-state index contributed by atoms with van der Waals surface area (Å²) < 4.78 is 5.78. The van der Waals surface area contributed by atoms with E-state index < -0.39 is 0 Å². The van der Waals surface area contributed by atoms with Gasteiger partial charge in [-0.15, -0.1) is 11.3 Å². The molecule has 182 valence electrons. The summed E-state index contributed by atoms with van der Waals surface area (Å²) >= 11 is 7.31. The van der Waals surface area contributed by atoms with E-state index in [-0.39, 0.29) is 11.8 Å². The van der Waals surface area contributed by atoms with Crippen molar-refractivity contribution in [3.8, 4) is 5.75 Å². The number of carbonyl (C=O) groups excluding carboxylic acids is 2. The Balaban J connectivity index is 1.10. The molecule has 2 aliphatic rings. The molecule has 0 atom stereocenters. The quantitative estimate of drug-likeness (QED) is 0.502.